The van der Waals surface area contributed by atoms with Gasteiger partial charge in [-0.25, -0.2) is 0 Å². The zero-order valence-electron chi connectivity index (χ0n) is 6.29. The monoisotopic (exact) mass is 143 g/mol. The second-order valence-electron chi connectivity index (χ2n) is 2.61. The predicted octanol–water partition coefficient (Wildman–Crippen LogP) is 0.611. The van der Waals surface area contributed by atoms with Crippen LogP contribution in [0.5, 0.6) is 0 Å². The molecule has 0 radical (unpaired) electrons. The summed E-state index contributed by atoms with van der Waals surface area (Å²) in [6.45, 7) is 6.66. The van der Waals surface area contributed by atoms with Crippen molar-refractivity contribution in [2.75, 3.05) is 0 Å². The lowest BCUT2D eigenvalue weighted by atomic mass is 9.88. The Hall–Kier alpha value is -0.830. The summed E-state index contributed by atoms with van der Waals surface area (Å²) in [5, 5.41) is 8.57. The van der Waals surface area contributed by atoms with Crippen LogP contribution in [-0.4, -0.2) is 16.6 Å². The highest BCUT2D eigenvalue weighted by Gasteiger charge is 2.32. The topological polar surface area (TPSA) is 63.3 Å². The first-order valence-corrected chi connectivity index (χ1v) is 3.07. The number of carbonyl (C=O) groups is 1. The fraction of sp³-hybridized carbons (Fsp3) is 0.571. The molecule has 0 unspecified atom stereocenters. The summed E-state index contributed by atoms with van der Waals surface area (Å²) < 4.78 is 0. The van der Waals surface area contributed by atoms with Crippen LogP contribution >= 0.6 is 0 Å². The van der Waals surface area contributed by atoms with Gasteiger partial charge in [0, 0.05) is 5.92 Å². The number of hydrogen-bond donors (Lipinski definition) is 2. The van der Waals surface area contributed by atoms with Gasteiger partial charge < -0.3 is 10.8 Å². The Morgan fingerprint density at radius 1 is 1.90 bits per heavy atom. The number of carboxylic acid groups (broad SMARTS) is 1. The normalized spacial score (nSPS) is 19.1. The molecule has 3 heteroatoms. The fourth-order valence-corrected chi connectivity index (χ4v) is 0.440. The first kappa shape index (κ1) is 9.17. The Bertz CT molecular complexity index is 152. The van der Waals surface area contributed by atoms with E-state index in [0.29, 0.717) is 0 Å². The van der Waals surface area contributed by atoms with Crippen molar-refractivity contribution in [2.24, 2.45) is 11.7 Å². The van der Waals surface area contributed by atoms with Gasteiger partial charge in [0.1, 0.15) is 5.54 Å². The summed E-state index contributed by atoms with van der Waals surface area (Å²) in [6, 6.07) is 0. The Morgan fingerprint density at radius 3 is 2.40 bits per heavy atom. The lowest BCUT2D eigenvalue weighted by Crippen LogP contribution is -2.49. The van der Waals surface area contributed by atoms with E-state index in [1.165, 1.54) is 13.0 Å². The molecule has 0 saturated carbocycles. The molecule has 0 aromatic carbocycles. The molecule has 0 rings (SSSR count). The SMILES string of the molecule is C=C[C@@H](C)[C@@](C)(N)C(=O)O. The van der Waals surface area contributed by atoms with Crippen LogP contribution in [0.2, 0.25) is 0 Å². The molecule has 2 atom stereocenters. The first-order chi connectivity index (χ1) is 4.42. The molecule has 3 nitrogen and oxygen atoms in total. The minimum absolute atomic E-state index is 0.218. The maximum atomic E-state index is 10.4. The van der Waals surface area contributed by atoms with Crippen LogP contribution in [0.15, 0.2) is 12.7 Å². The first-order valence-electron chi connectivity index (χ1n) is 3.07. The van der Waals surface area contributed by atoms with Gasteiger partial charge in [-0.05, 0) is 6.92 Å². The van der Waals surface area contributed by atoms with Crippen molar-refractivity contribution < 1.29 is 9.90 Å². The Balaban J connectivity index is 4.38. The zero-order valence-corrected chi connectivity index (χ0v) is 6.29. The highest BCUT2D eigenvalue weighted by atomic mass is 16.4. The predicted molar refractivity (Wildman–Crippen MR) is 39.6 cm³/mol. The Morgan fingerprint density at radius 2 is 2.30 bits per heavy atom. The molecule has 0 bridgehead atoms. The van der Waals surface area contributed by atoms with E-state index in [1.807, 2.05) is 0 Å². The molecule has 0 spiro atoms. The quantitative estimate of drug-likeness (QED) is 0.569. The molecule has 3 N–H and O–H groups in total. The molecular formula is C7H13NO2. The number of nitrogens with two attached hydrogens (primary N) is 1. The molecule has 0 fully saturated rings. The number of aliphatic carboxylic acids is 1. The van der Waals surface area contributed by atoms with Gasteiger partial charge in [-0.2, -0.15) is 0 Å². The van der Waals surface area contributed by atoms with E-state index >= 15 is 0 Å². The van der Waals surface area contributed by atoms with Crippen LogP contribution in [0, 0.1) is 5.92 Å². The molecule has 0 saturated heterocycles. The van der Waals surface area contributed by atoms with Crippen molar-refractivity contribution >= 4 is 5.97 Å². The average molecular weight is 143 g/mol. The maximum absolute atomic E-state index is 10.4. The summed E-state index contributed by atoms with van der Waals surface area (Å²) >= 11 is 0. The van der Waals surface area contributed by atoms with E-state index in [9.17, 15) is 4.79 Å². The summed E-state index contributed by atoms with van der Waals surface area (Å²) in [5.74, 6) is -1.22. The van der Waals surface area contributed by atoms with Crippen molar-refractivity contribution in [3.63, 3.8) is 0 Å². The second kappa shape index (κ2) is 2.84. The Labute approximate surface area is 60.5 Å². The summed E-state index contributed by atoms with van der Waals surface area (Å²) in [7, 11) is 0. The highest BCUT2D eigenvalue weighted by Crippen LogP contribution is 2.14. The highest BCUT2D eigenvalue weighted by molar-refractivity contribution is 5.78. The minimum Gasteiger partial charge on any atom is -0.480 e. The molecule has 0 aromatic heterocycles. The summed E-state index contributed by atoms with van der Waals surface area (Å²) in [6.07, 6.45) is 1.54. The third-order valence-corrected chi connectivity index (χ3v) is 1.76. The van der Waals surface area contributed by atoms with E-state index in [0.717, 1.165) is 0 Å². The molecule has 0 amide bonds. The third-order valence-electron chi connectivity index (χ3n) is 1.76. The molecule has 0 aliphatic carbocycles. The van der Waals surface area contributed by atoms with Gasteiger partial charge in [-0.15, -0.1) is 6.58 Å². The lowest BCUT2D eigenvalue weighted by Gasteiger charge is -2.23. The van der Waals surface area contributed by atoms with Crippen LogP contribution < -0.4 is 5.73 Å². The van der Waals surface area contributed by atoms with Gasteiger partial charge in [0.15, 0.2) is 0 Å². The molecule has 0 aromatic rings. The van der Waals surface area contributed by atoms with Crippen molar-refractivity contribution in [1.29, 1.82) is 0 Å². The third kappa shape index (κ3) is 1.57. The van der Waals surface area contributed by atoms with Crippen LogP contribution in [0.25, 0.3) is 0 Å². The van der Waals surface area contributed by atoms with E-state index < -0.39 is 11.5 Å². The van der Waals surface area contributed by atoms with E-state index in [-0.39, 0.29) is 5.92 Å². The van der Waals surface area contributed by atoms with Gasteiger partial charge in [-0.1, -0.05) is 13.0 Å². The fourth-order valence-electron chi connectivity index (χ4n) is 0.440. The summed E-state index contributed by atoms with van der Waals surface area (Å²) in [5.41, 5.74) is 4.25. The number of rotatable bonds is 3. The van der Waals surface area contributed by atoms with Crippen molar-refractivity contribution in [3.05, 3.63) is 12.7 Å². The molecule has 0 aliphatic rings. The van der Waals surface area contributed by atoms with Gasteiger partial charge in [0.25, 0.3) is 0 Å². The smallest absolute Gasteiger partial charge is 0.323 e. The lowest BCUT2D eigenvalue weighted by molar-refractivity contribution is -0.143. The molecule has 0 heterocycles. The standard InChI is InChI=1S/C7H13NO2/c1-4-5(2)7(3,8)6(9)10/h4-5H,1,8H2,2-3H3,(H,9,10)/t5-,7-/m1/s1. The second-order valence-corrected chi connectivity index (χ2v) is 2.61. The van der Waals surface area contributed by atoms with Crippen LogP contribution in [0.4, 0.5) is 0 Å². The molecule has 0 aliphatic heterocycles. The largest absolute Gasteiger partial charge is 0.480 e. The van der Waals surface area contributed by atoms with E-state index in [2.05, 4.69) is 6.58 Å². The van der Waals surface area contributed by atoms with E-state index in [1.54, 1.807) is 6.92 Å². The van der Waals surface area contributed by atoms with Gasteiger partial charge in [0.05, 0.1) is 0 Å². The van der Waals surface area contributed by atoms with Crippen molar-refractivity contribution in [3.8, 4) is 0 Å². The molecule has 58 valence electrons. The minimum atomic E-state index is -1.19. The summed E-state index contributed by atoms with van der Waals surface area (Å²) in [4.78, 5) is 10.4. The number of hydrogen-bond acceptors (Lipinski definition) is 2. The van der Waals surface area contributed by atoms with Gasteiger partial charge in [0.2, 0.25) is 0 Å². The van der Waals surface area contributed by atoms with Gasteiger partial charge >= 0.3 is 5.97 Å². The average Bonchev–Trinajstić information content (AvgIpc) is 1.86. The molecular weight excluding hydrogens is 130 g/mol. The maximum Gasteiger partial charge on any atom is 0.323 e. The van der Waals surface area contributed by atoms with Crippen molar-refractivity contribution in [2.45, 2.75) is 19.4 Å². The van der Waals surface area contributed by atoms with Crippen molar-refractivity contribution in [1.82, 2.24) is 0 Å². The van der Waals surface area contributed by atoms with Crippen LogP contribution in [0.3, 0.4) is 0 Å². The van der Waals surface area contributed by atoms with Crippen LogP contribution in [0.1, 0.15) is 13.8 Å². The van der Waals surface area contributed by atoms with Gasteiger partial charge in [-0.3, -0.25) is 4.79 Å². The molecule has 10 heavy (non-hydrogen) atoms. The zero-order chi connectivity index (χ0) is 8.36. The Kier molecular flexibility index (Phi) is 2.60. The number of carboxylic acids is 1. The van der Waals surface area contributed by atoms with E-state index in [4.69, 9.17) is 10.8 Å². The van der Waals surface area contributed by atoms with Crippen LogP contribution in [-0.2, 0) is 4.79 Å².